The predicted molar refractivity (Wildman–Crippen MR) is 489 cm³/mol. The molecular formula is C106H138N2O6S2. The molecule has 13 rings (SSSR count). The molecule has 8 aromatic carbocycles. The van der Waals surface area contributed by atoms with E-state index in [0.29, 0.717) is 80.3 Å². The maximum absolute atomic E-state index is 16.7. The van der Waals surface area contributed by atoms with Crippen molar-refractivity contribution in [1.29, 1.82) is 0 Å². The molecule has 0 amide bonds. The van der Waals surface area contributed by atoms with Gasteiger partial charge in [0.25, 0.3) is 0 Å². The number of carbonyl (C=O) groups is 2. The Hall–Kier alpha value is -7.40. The first-order valence-electron chi connectivity index (χ1n) is 45.9. The van der Waals surface area contributed by atoms with Crippen LogP contribution in [0.25, 0.3) is 22.3 Å². The molecule has 8 nitrogen and oxygen atoms in total. The quantitative estimate of drug-likeness (QED) is 0.0364. The highest BCUT2D eigenvalue weighted by Gasteiger charge is 2.39. The summed E-state index contributed by atoms with van der Waals surface area (Å²) >= 11 is 3.06. The molecule has 2 N–H and O–H groups in total. The van der Waals surface area contributed by atoms with Crippen LogP contribution in [0.3, 0.4) is 0 Å². The number of ketones is 2. The van der Waals surface area contributed by atoms with E-state index in [2.05, 4.69) is 191 Å². The Balaban J connectivity index is 0.804. The number of benzene rings is 8. The number of hydrogen-bond donors (Lipinski definition) is 2. The van der Waals surface area contributed by atoms with Crippen molar-refractivity contribution in [3.8, 4) is 45.3 Å². The van der Waals surface area contributed by atoms with E-state index in [1.54, 1.807) is 0 Å². The third-order valence-corrected chi connectivity index (χ3v) is 29.2. The van der Waals surface area contributed by atoms with Gasteiger partial charge in [0.05, 0.1) is 48.9 Å². The average molecular weight is 1600 g/mol. The van der Waals surface area contributed by atoms with E-state index in [9.17, 15) is 0 Å². The van der Waals surface area contributed by atoms with E-state index in [-0.39, 0.29) is 11.6 Å². The summed E-state index contributed by atoms with van der Waals surface area (Å²) in [6.45, 7) is 29.4. The van der Waals surface area contributed by atoms with E-state index >= 15 is 9.59 Å². The smallest absolute Gasteiger partial charge is 0.197 e. The minimum Gasteiger partial charge on any atom is -0.493 e. The molecule has 116 heavy (non-hydrogen) atoms. The Morgan fingerprint density at radius 2 is 0.526 bits per heavy atom. The molecule has 8 aromatic rings. The lowest BCUT2D eigenvalue weighted by atomic mass is 9.80. The van der Waals surface area contributed by atoms with Crippen molar-refractivity contribution in [2.75, 3.05) is 37.1 Å². The molecule has 5 aliphatic carbocycles. The van der Waals surface area contributed by atoms with Crippen molar-refractivity contribution in [2.24, 2.45) is 47.3 Å². The molecule has 0 aromatic heterocycles. The summed E-state index contributed by atoms with van der Waals surface area (Å²) in [6, 6.07) is 43.1. The van der Waals surface area contributed by atoms with Gasteiger partial charge in [-0.3, -0.25) is 9.59 Å². The summed E-state index contributed by atoms with van der Waals surface area (Å²) in [6.07, 6.45) is 41.8. The zero-order valence-electron chi connectivity index (χ0n) is 72.9. The highest BCUT2D eigenvalue weighted by atomic mass is 32.2. The summed E-state index contributed by atoms with van der Waals surface area (Å²) in [5.74, 6) is 9.21. The van der Waals surface area contributed by atoms with Gasteiger partial charge in [0, 0.05) is 42.1 Å². The lowest BCUT2D eigenvalue weighted by Crippen LogP contribution is -2.25. The molecule has 0 unspecified atom stereocenters. The Bertz CT molecular complexity index is 4200. The van der Waals surface area contributed by atoms with Crippen molar-refractivity contribution in [3.63, 3.8) is 0 Å². The van der Waals surface area contributed by atoms with E-state index in [1.807, 2.05) is 24.3 Å². The van der Waals surface area contributed by atoms with Crippen LogP contribution < -0.4 is 29.6 Å². The van der Waals surface area contributed by atoms with E-state index in [0.717, 1.165) is 148 Å². The zero-order chi connectivity index (χ0) is 81.2. The topological polar surface area (TPSA) is 95.1 Å². The number of aryl methyl sites for hydroxylation is 8. The number of anilines is 4. The minimum absolute atomic E-state index is 0.205. The first-order valence-corrected chi connectivity index (χ1v) is 47.5. The van der Waals surface area contributed by atoms with Crippen LogP contribution in [0.4, 0.5) is 22.7 Å². The third-order valence-electron chi connectivity index (χ3n) is 27.1. The molecule has 0 aliphatic heterocycles. The van der Waals surface area contributed by atoms with Crippen LogP contribution in [0, 0.1) is 103 Å². The number of nitrogens with one attached hydrogen (secondary N) is 2. The van der Waals surface area contributed by atoms with Gasteiger partial charge in [0.15, 0.2) is 11.6 Å². The van der Waals surface area contributed by atoms with Crippen molar-refractivity contribution in [1.82, 2.24) is 0 Å². The second-order valence-corrected chi connectivity index (χ2v) is 38.6. The van der Waals surface area contributed by atoms with Crippen LogP contribution in [0.1, 0.15) is 310 Å². The van der Waals surface area contributed by atoms with Crippen molar-refractivity contribution < 1.29 is 28.5 Å². The molecule has 0 radical (unpaired) electrons. The van der Waals surface area contributed by atoms with Gasteiger partial charge in [-0.05, 0) is 318 Å². The predicted octanol–water partition coefficient (Wildman–Crippen LogP) is 31.1. The van der Waals surface area contributed by atoms with Crippen molar-refractivity contribution in [2.45, 2.75) is 308 Å². The Kier molecular flexibility index (Phi) is 31.3. The van der Waals surface area contributed by atoms with E-state index in [1.165, 1.54) is 229 Å². The molecule has 0 atom stereocenters. The highest BCUT2D eigenvalue weighted by Crippen LogP contribution is 2.49. The van der Waals surface area contributed by atoms with Gasteiger partial charge in [0.1, 0.15) is 23.0 Å². The number of hydrogen-bond acceptors (Lipinski definition) is 10. The fourth-order valence-corrected chi connectivity index (χ4v) is 22.1. The standard InChI is InChI=1S/C106H138N2O6S2/c1-13-17-21-25-77-29-37-81(38-30-77)65-111-103-69(5)57-87(58-70(103)6)85-45-49-91(50-46-85)115-95-55-53-93(107-89-61-73(9)105(74(10)62-89)113-67-83-41-33-79(34-42-83)27-23-19-15-3)97-99(95)101(109)98-94(108-90-63-75(11)106(76(12)64-90)114-68-84-43-35-80(36-44-84)28-24-20-16-4)54-56-96(100(98)102(97)110)116-92-51-47-86(48-52-92)88-59-71(7)104(72(8)60-88)112-66-82-39-31-78(32-40-82)26-22-18-14-2/h45-64,77-84,107-108H,13-44,65-68H2,1-12H3. The molecule has 4 saturated carbocycles. The number of carbonyl (C=O) groups excluding carboxylic acids is 2. The van der Waals surface area contributed by atoms with Crippen LogP contribution in [-0.2, 0) is 0 Å². The first kappa shape index (κ1) is 86.4. The zero-order valence-corrected chi connectivity index (χ0v) is 74.5. The number of fused-ring (bicyclic) bond motifs is 2. The SMILES string of the molecule is CCCCCC1CCC(COc2c(C)cc(Nc3ccc(Sc4ccc(-c5cc(C)c(OCC6CCC(CCCCC)CC6)c(C)c5)cc4)c4c3C(=O)c3c(Sc5ccc(-c6cc(C)c(OCC7CCC(CCCCC)CC7)c(C)c6)cc5)ccc(Nc5cc(C)c(OCC6CCC(CCCCC)CC6)c(C)c5)c3C4=O)cc2C)CC1. The molecule has 620 valence electrons. The Morgan fingerprint density at radius 1 is 0.284 bits per heavy atom. The summed E-state index contributed by atoms with van der Waals surface area (Å²) < 4.78 is 26.9. The number of unbranched alkanes of at least 4 members (excludes halogenated alkanes) is 8. The number of rotatable bonds is 38. The Labute approximate surface area is 707 Å². The Morgan fingerprint density at radius 3 is 0.776 bits per heavy atom. The minimum atomic E-state index is -0.205. The molecule has 5 aliphatic rings. The summed E-state index contributed by atoms with van der Waals surface area (Å²) in [7, 11) is 0. The van der Waals surface area contributed by atoms with Crippen molar-refractivity contribution in [3.05, 3.63) is 188 Å². The van der Waals surface area contributed by atoms with Crippen LogP contribution in [0.5, 0.6) is 23.0 Å². The third kappa shape index (κ3) is 22.4. The molecule has 10 heteroatoms. The fraction of sp³-hybridized carbons (Fsp3) is 0.528. The molecule has 4 fully saturated rings. The van der Waals surface area contributed by atoms with Crippen molar-refractivity contribution >= 4 is 57.8 Å². The second-order valence-electron chi connectivity index (χ2n) is 36.4. The first-order chi connectivity index (χ1) is 56.4. The molecule has 0 heterocycles. The van der Waals surface area contributed by atoms with Gasteiger partial charge in [-0.25, -0.2) is 0 Å². The van der Waals surface area contributed by atoms with Crippen LogP contribution in [0.2, 0.25) is 0 Å². The lowest BCUT2D eigenvalue weighted by molar-refractivity contribution is 0.0976. The summed E-state index contributed by atoms with van der Waals surface area (Å²) in [5, 5.41) is 7.55. The maximum atomic E-state index is 16.7. The number of ether oxygens (including phenoxy) is 4. The summed E-state index contributed by atoms with van der Waals surface area (Å²) in [5.41, 5.74) is 17.5. The van der Waals surface area contributed by atoms with Gasteiger partial charge in [-0.1, -0.05) is 230 Å². The normalized spacial score (nSPS) is 20.1. The molecule has 0 spiro atoms. The summed E-state index contributed by atoms with van der Waals surface area (Å²) in [4.78, 5) is 36.8. The van der Waals surface area contributed by atoms with Gasteiger partial charge < -0.3 is 29.6 Å². The van der Waals surface area contributed by atoms with Gasteiger partial charge in [-0.15, -0.1) is 0 Å². The largest absolute Gasteiger partial charge is 0.493 e. The molecular weight excluding hydrogens is 1460 g/mol. The van der Waals surface area contributed by atoms with Crippen LogP contribution >= 0.6 is 23.5 Å². The fourth-order valence-electron chi connectivity index (χ4n) is 20.2. The van der Waals surface area contributed by atoms with Gasteiger partial charge in [0.2, 0.25) is 0 Å². The van der Waals surface area contributed by atoms with Gasteiger partial charge in [-0.2, -0.15) is 0 Å². The monoisotopic (exact) mass is 1600 g/mol. The maximum Gasteiger partial charge on any atom is 0.197 e. The lowest BCUT2D eigenvalue weighted by Gasteiger charge is -2.29. The molecule has 0 saturated heterocycles. The van der Waals surface area contributed by atoms with Crippen LogP contribution in [-0.4, -0.2) is 38.0 Å². The van der Waals surface area contributed by atoms with E-state index < -0.39 is 0 Å². The highest BCUT2D eigenvalue weighted by molar-refractivity contribution is 7.99. The van der Waals surface area contributed by atoms with E-state index in [4.69, 9.17) is 18.9 Å². The van der Waals surface area contributed by atoms with Crippen LogP contribution in [0.15, 0.2) is 141 Å². The average Bonchev–Trinajstić information content (AvgIpc) is 0.722. The van der Waals surface area contributed by atoms with Gasteiger partial charge >= 0.3 is 0 Å². The molecule has 0 bridgehead atoms. The second kappa shape index (κ2) is 42.0.